The predicted molar refractivity (Wildman–Crippen MR) is 108 cm³/mol. The molecule has 0 saturated carbocycles. The van der Waals surface area contributed by atoms with E-state index in [0.29, 0.717) is 35.7 Å². The second-order valence-corrected chi connectivity index (χ2v) is 10.0. The lowest BCUT2D eigenvalue weighted by Crippen LogP contribution is -2.37. The highest BCUT2D eigenvalue weighted by Gasteiger charge is 2.29. The molecule has 1 aromatic heterocycles. The molecule has 6 nitrogen and oxygen atoms in total. The molecule has 0 aliphatic carbocycles. The zero-order valence-corrected chi connectivity index (χ0v) is 17.2. The molecule has 2 aliphatic rings. The second-order valence-electron chi connectivity index (χ2n) is 8.10. The summed E-state index contributed by atoms with van der Waals surface area (Å²) in [7, 11) is -3.52. The summed E-state index contributed by atoms with van der Waals surface area (Å²) >= 11 is 0. The molecule has 0 bridgehead atoms. The molecule has 2 saturated heterocycles. The zero-order valence-electron chi connectivity index (χ0n) is 16.4. The molecule has 0 atom stereocenters. The first-order chi connectivity index (χ1) is 13.4. The summed E-state index contributed by atoms with van der Waals surface area (Å²) in [6, 6.07) is 6.55. The Morgan fingerprint density at radius 1 is 1.00 bits per heavy atom. The number of rotatable bonds is 3. The molecule has 4 rings (SSSR count). The number of benzene rings is 1. The monoisotopic (exact) mass is 404 g/mol. The van der Waals surface area contributed by atoms with E-state index in [1.54, 1.807) is 28.6 Å². The number of furan rings is 1. The lowest BCUT2D eigenvalue weighted by molar-refractivity contribution is 0.0732. The summed E-state index contributed by atoms with van der Waals surface area (Å²) in [6.45, 7) is 4.79. The number of nitrogens with zero attached hydrogens (tertiary/aromatic N) is 2. The molecule has 0 N–H and O–H groups in total. The Hall–Kier alpha value is -1.86. The van der Waals surface area contributed by atoms with Crippen LogP contribution in [0.4, 0.5) is 0 Å². The second kappa shape index (κ2) is 7.87. The average Bonchev–Trinajstić information content (AvgIpc) is 2.93. The van der Waals surface area contributed by atoms with E-state index in [-0.39, 0.29) is 10.8 Å². The summed E-state index contributed by atoms with van der Waals surface area (Å²) in [6.07, 6.45) is 6.12. The van der Waals surface area contributed by atoms with Crippen molar-refractivity contribution < 1.29 is 17.6 Å². The summed E-state index contributed by atoms with van der Waals surface area (Å²) in [5, 5.41) is 0.657. The smallest absolute Gasteiger partial charge is 0.289 e. The van der Waals surface area contributed by atoms with Gasteiger partial charge in [0, 0.05) is 31.6 Å². The van der Waals surface area contributed by atoms with Crippen LogP contribution in [0, 0.1) is 5.92 Å². The highest BCUT2D eigenvalue weighted by Crippen LogP contribution is 2.28. The van der Waals surface area contributed by atoms with E-state index in [4.69, 9.17) is 4.42 Å². The van der Waals surface area contributed by atoms with E-state index in [0.717, 1.165) is 51.6 Å². The maximum Gasteiger partial charge on any atom is 0.289 e. The van der Waals surface area contributed by atoms with Crippen molar-refractivity contribution in [3.05, 3.63) is 30.0 Å². The number of carbonyl (C=O) groups is 1. The first kappa shape index (κ1) is 19.5. The van der Waals surface area contributed by atoms with E-state index in [2.05, 4.69) is 6.92 Å². The molecule has 3 heterocycles. The van der Waals surface area contributed by atoms with Crippen molar-refractivity contribution in [1.82, 2.24) is 9.21 Å². The number of hydrogen-bond donors (Lipinski definition) is 0. The Morgan fingerprint density at radius 2 is 1.68 bits per heavy atom. The standard InChI is InChI=1S/C21H28N2O4S/c1-16-8-12-23(13-9-16)28(25,26)18-6-7-19-17(14-18)15-20(27-19)21(24)22-10-4-2-3-5-11-22/h6-7,14-16H,2-5,8-13H2,1H3. The molecule has 1 amide bonds. The Morgan fingerprint density at radius 3 is 2.36 bits per heavy atom. The van der Waals surface area contributed by atoms with Crippen LogP contribution in [0.5, 0.6) is 0 Å². The summed E-state index contributed by atoms with van der Waals surface area (Å²) in [5.74, 6) is 0.751. The molecule has 2 aromatic rings. The van der Waals surface area contributed by atoms with Gasteiger partial charge in [-0.3, -0.25) is 4.79 Å². The summed E-state index contributed by atoms with van der Waals surface area (Å²) in [5.41, 5.74) is 0.546. The van der Waals surface area contributed by atoms with E-state index in [1.807, 2.05) is 4.90 Å². The SMILES string of the molecule is CC1CCN(S(=O)(=O)c2ccc3oc(C(=O)N4CCCCCC4)cc3c2)CC1. The fourth-order valence-electron chi connectivity index (χ4n) is 4.09. The van der Waals surface area contributed by atoms with Crippen molar-refractivity contribution in [2.75, 3.05) is 26.2 Å². The van der Waals surface area contributed by atoms with Crippen LogP contribution in [0.2, 0.25) is 0 Å². The minimum Gasteiger partial charge on any atom is -0.451 e. The van der Waals surface area contributed by atoms with Crippen LogP contribution in [0.25, 0.3) is 11.0 Å². The highest BCUT2D eigenvalue weighted by atomic mass is 32.2. The largest absolute Gasteiger partial charge is 0.451 e. The van der Waals surface area contributed by atoms with Crippen LogP contribution in [-0.2, 0) is 10.0 Å². The number of likely N-dealkylation sites (tertiary alicyclic amines) is 1. The van der Waals surface area contributed by atoms with Crippen molar-refractivity contribution in [2.45, 2.75) is 50.3 Å². The van der Waals surface area contributed by atoms with Crippen molar-refractivity contribution >= 4 is 26.9 Å². The minimum atomic E-state index is -3.52. The van der Waals surface area contributed by atoms with Crippen molar-refractivity contribution in [3.8, 4) is 0 Å². The van der Waals surface area contributed by atoms with E-state index in [1.165, 1.54) is 0 Å². The van der Waals surface area contributed by atoms with Gasteiger partial charge >= 0.3 is 0 Å². The molecule has 0 radical (unpaired) electrons. The predicted octanol–water partition coefficient (Wildman–Crippen LogP) is 3.87. The van der Waals surface area contributed by atoms with Gasteiger partial charge in [-0.15, -0.1) is 0 Å². The summed E-state index contributed by atoms with van der Waals surface area (Å²) in [4.78, 5) is 14.9. The highest BCUT2D eigenvalue weighted by molar-refractivity contribution is 7.89. The number of hydrogen-bond acceptors (Lipinski definition) is 4. The molecule has 28 heavy (non-hydrogen) atoms. The zero-order chi connectivity index (χ0) is 19.7. The third-order valence-corrected chi connectivity index (χ3v) is 7.87. The maximum atomic E-state index is 13.0. The van der Waals surface area contributed by atoms with Crippen LogP contribution in [-0.4, -0.2) is 49.7 Å². The van der Waals surface area contributed by atoms with E-state index < -0.39 is 10.0 Å². The van der Waals surface area contributed by atoms with Crippen LogP contribution >= 0.6 is 0 Å². The van der Waals surface area contributed by atoms with Gasteiger partial charge in [0.15, 0.2) is 5.76 Å². The number of piperidine rings is 1. The molecule has 7 heteroatoms. The molecule has 0 spiro atoms. The third kappa shape index (κ3) is 3.82. The van der Waals surface area contributed by atoms with Gasteiger partial charge in [-0.2, -0.15) is 4.31 Å². The van der Waals surface area contributed by atoms with Crippen LogP contribution in [0.15, 0.2) is 33.6 Å². The third-order valence-electron chi connectivity index (χ3n) is 5.97. The van der Waals surface area contributed by atoms with Gasteiger partial charge < -0.3 is 9.32 Å². The summed E-state index contributed by atoms with van der Waals surface area (Å²) < 4.78 is 33.3. The van der Waals surface area contributed by atoms with Gasteiger partial charge in [0.2, 0.25) is 10.0 Å². The molecule has 2 fully saturated rings. The fraction of sp³-hybridized carbons (Fsp3) is 0.571. The molecule has 0 unspecified atom stereocenters. The van der Waals surface area contributed by atoms with Gasteiger partial charge in [0.25, 0.3) is 5.91 Å². The van der Waals surface area contributed by atoms with Crippen molar-refractivity contribution in [3.63, 3.8) is 0 Å². The quantitative estimate of drug-likeness (QED) is 0.779. The Kier molecular flexibility index (Phi) is 5.47. The van der Waals surface area contributed by atoms with Gasteiger partial charge in [-0.1, -0.05) is 19.8 Å². The number of fused-ring (bicyclic) bond motifs is 1. The van der Waals surface area contributed by atoms with Crippen LogP contribution in [0.1, 0.15) is 56.0 Å². The molecular formula is C21H28N2O4S. The van der Waals surface area contributed by atoms with Crippen LogP contribution in [0.3, 0.4) is 0 Å². The molecule has 1 aromatic carbocycles. The van der Waals surface area contributed by atoms with E-state index >= 15 is 0 Å². The molecule has 152 valence electrons. The first-order valence-electron chi connectivity index (χ1n) is 10.3. The normalized spacial score (nSPS) is 20.4. The topological polar surface area (TPSA) is 70.8 Å². The maximum absolute atomic E-state index is 13.0. The average molecular weight is 405 g/mol. The van der Waals surface area contributed by atoms with Crippen molar-refractivity contribution in [1.29, 1.82) is 0 Å². The van der Waals surface area contributed by atoms with Gasteiger partial charge in [-0.05, 0) is 55.9 Å². The number of amides is 1. The first-order valence-corrected chi connectivity index (χ1v) is 11.7. The molecule has 2 aliphatic heterocycles. The Balaban J connectivity index is 1.58. The fourth-order valence-corrected chi connectivity index (χ4v) is 5.60. The van der Waals surface area contributed by atoms with Crippen molar-refractivity contribution in [2.24, 2.45) is 5.92 Å². The lowest BCUT2D eigenvalue weighted by atomic mass is 10.0. The van der Waals surface area contributed by atoms with Crippen LogP contribution < -0.4 is 0 Å². The Bertz CT molecular complexity index is 950. The Labute approximate surface area is 166 Å². The van der Waals surface area contributed by atoms with Gasteiger partial charge in [0.1, 0.15) is 5.58 Å². The van der Waals surface area contributed by atoms with E-state index in [9.17, 15) is 13.2 Å². The minimum absolute atomic E-state index is 0.104. The number of carbonyl (C=O) groups excluding carboxylic acids is 1. The lowest BCUT2D eigenvalue weighted by Gasteiger charge is -2.29. The molecular weight excluding hydrogens is 376 g/mol. The van der Waals surface area contributed by atoms with Gasteiger partial charge in [-0.25, -0.2) is 8.42 Å². The van der Waals surface area contributed by atoms with Gasteiger partial charge in [0.05, 0.1) is 4.90 Å². The number of sulfonamides is 1.